The molecule has 1 aromatic heterocycles. The molecule has 12 heteroatoms. The first kappa shape index (κ1) is 30.1. The van der Waals surface area contributed by atoms with E-state index >= 15 is 0 Å². The molecular weight excluding hydrogens is 516 g/mol. The minimum atomic E-state index is -0.992. The van der Waals surface area contributed by atoms with Gasteiger partial charge in [0.1, 0.15) is 23.5 Å². The number of rotatable bonds is 7. The molecule has 200 valence electrons. The highest BCUT2D eigenvalue weighted by Crippen LogP contribution is 2.11. The molecule has 3 amide bonds. The van der Waals surface area contributed by atoms with Crippen molar-refractivity contribution in [3.05, 3.63) is 53.5 Å². The second-order valence-electron chi connectivity index (χ2n) is 7.99. The molecule has 3 N–H and O–H groups in total. The minimum Gasteiger partial charge on any atom is -0.456 e. The Balaban J connectivity index is 2.33. The molecule has 0 radical (unpaired) electrons. The second kappa shape index (κ2) is 15.9. The lowest BCUT2D eigenvalue weighted by Crippen LogP contribution is -2.46. The number of carbonyl (C=O) groups excluding carboxylic acids is 5. The Morgan fingerprint density at radius 3 is 2.68 bits per heavy atom. The van der Waals surface area contributed by atoms with Crippen LogP contribution < -0.4 is 16.0 Å². The fourth-order valence-electron chi connectivity index (χ4n) is 3.21. The number of pyridine rings is 1. The standard InChI is InChI=1S/C25H32N4O6S2/c1-4-19-23(32)29-21(11-13-36-3)25(34)35-18(9-5-6-12-37-16(2)30)14-22(31)26-15-17-8-7-10-20(27-17)24(33)28-19/h4-5,7-10,18,21H,6,11-15H2,1-3H3,(H,26,31)(H,28,33)(H,29,32)/b9-5+,19-4-/t18-,21?/m1/s1. The number of amides is 3. The summed E-state index contributed by atoms with van der Waals surface area (Å²) in [5.41, 5.74) is 0.495. The van der Waals surface area contributed by atoms with Gasteiger partial charge in [-0.2, -0.15) is 11.8 Å². The van der Waals surface area contributed by atoms with Gasteiger partial charge in [0.2, 0.25) is 5.91 Å². The van der Waals surface area contributed by atoms with Gasteiger partial charge in [-0.25, -0.2) is 9.78 Å². The van der Waals surface area contributed by atoms with E-state index in [0.717, 1.165) is 0 Å². The Hall–Kier alpha value is -3.12. The van der Waals surface area contributed by atoms with Crippen molar-refractivity contribution in [2.24, 2.45) is 0 Å². The van der Waals surface area contributed by atoms with Gasteiger partial charge in [-0.1, -0.05) is 30.0 Å². The summed E-state index contributed by atoms with van der Waals surface area (Å²) in [7, 11) is 0. The summed E-state index contributed by atoms with van der Waals surface area (Å²) < 4.78 is 5.63. The van der Waals surface area contributed by atoms with E-state index in [9.17, 15) is 24.0 Å². The Morgan fingerprint density at radius 1 is 1.19 bits per heavy atom. The van der Waals surface area contributed by atoms with Crippen LogP contribution in [-0.2, 0) is 30.5 Å². The number of carbonyl (C=O) groups is 5. The van der Waals surface area contributed by atoms with Crippen LogP contribution in [0.15, 0.2) is 42.1 Å². The van der Waals surface area contributed by atoms with E-state index in [-0.39, 0.29) is 41.8 Å². The van der Waals surface area contributed by atoms with Crippen LogP contribution >= 0.6 is 23.5 Å². The first-order chi connectivity index (χ1) is 17.7. The number of hydrogen-bond acceptors (Lipinski definition) is 9. The SMILES string of the molecule is C/C=C1\NC(=O)c2cccc(n2)CNC(=O)C[C@@H](/C=C/CCSC(C)=O)OC(=O)C(CCSC)NC1=O. The number of nitrogens with one attached hydrogen (secondary N) is 3. The summed E-state index contributed by atoms with van der Waals surface area (Å²) >= 11 is 2.68. The van der Waals surface area contributed by atoms with Crippen LogP contribution in [-0.4, -0.2) is 63.7 Å². The minimum absolute atomic E-state index is 0.00524. The van der Waals surface area contributed by atoms with Crippen LogP contribution in [0.25, 0.3) is 0 Å². The number of ether oxygens (including phenoxy) is 1. The van der Waals surface area contributed by atoms with Crippen molar-refractivity contribution in [3.63, 3.8) is 0 Å². The molecule has 10 nitrogen and oxygen atoms in total. The first-order valence-electron chi connectivity index (χ1n) is 11.7. The number of aromatic nitrogens is 1. The topological polar surface area (TPSA) is 144 Å². The molecule has 0 aliphatic carbocycles. The zero-order valence-electron chi connectivity index (χ0n) is 21.1. The molecule has 0 fully saturated rings. The number of thioether (sulfide) groups is 2. The van der Waals surface area contributed by atoms with Gasteiger partial charge in [-0.3, -0.25) is 19.2 Å². The van der Waals surface area contributed by atoms with Crippen molar-refractivity contribution in [2.75, 3.05) is 17.8 Å². The molecule has 0 saturated carbocycles. The third-order valence-corrected chi connectivity index (χ3v) is 6.57. The fraction of sp³-hybridized carbons (Fsp3) is 0.440. The van der Waals surface area contributed by atoms with Crippen molar-refractivity contribution < 1.29 is 28.7 Å². The average molecular weight is 549 g/mol. The molecule has 1 aliphatic rings. The lowest BCUT2D eigenvalue weighted by Gasteiger charge is -2.22. The van der Waals surface area contributed by atoms with Crippen molar-refractivity contribution in [2.45, 2.75) is 51.8 Å². The van der Waals surface area contributed by atoms with Crippen LogP contribution in [0, 0.1) is 0 Å². The van der Waals surface area contributed by atoms with Crippen molar-refractivity contribution in [1.82, 2.24) is 20.9 Å². The summed E-state index contributed by atoms with van der Waals surface area (Å²) in [6.45, 7) is 3.14. The molecule has 2 heterocycles. The average Bonchev–Trinajstić information content (AvgIpc) is 2.87. The van der Waals surface area contributed by atoms with E-state index in [4.69, 9.17) is 4.74 Å². The largest absolute Gasteiger partial charge is 0.456 e. The third-order valence-electron chi connectivity index (χ3n) is 5.08. The molecular formula is C25H32N4O6S2. The molecule has 2 bridgehead atoms. The molecule has 37 heavy (non-hydrogen) atoms. The lowest BCUT2D eigenvalue weighted by molar-refractivity contribution is -0.151. The van der Waals surface area contributed by atoms with Gasteiger partial charge in [-0.15, -0.1) is 0 Å². The van der Waals surface area contributed by atoms with Crippen molar-refractivity contribution >= 4 is 52.3 Å². The van der Waals surface area contributed by atoms with Gasteiger partial charge in [-0.05, 0) is 50.0 Å². The van der Waals surface area contributed by atoms with Crippen LogP contribution in [0.2, 0.25) is 0 Å². The van der Waals surface area contributed by atoms with E-state index in [1.807, 2.05) is 6.26 Å². The molecule has 2 atom stereocenters. The molecule has 1 aromatic rings. The van der Waals surface area contributed by atoms with E-state index < -0.39 is 29.9 Å². The van der Waals surface area contributed by atoms with Crippen LogP contribution in [0.1, 0.15) is 49.3 Å². The van der Waals surface area contributed by atoms with E-state index in [1.165, 1.54) is 42.6 Å². The number of nitrogens with zero attached hydrogens (tertiary/aromatic N) is 1. The summed E-state index contributed by atoms with van der Waals surface area (Å²) in [6, 6.07) is 3.79. The quantitative estimate of drug-likeness (QED) is 0.202. The smallest absolute Gasteiger partial charge is 0.329 e. The predicted molar refractivity (Wildman–Crippen MR) is 144 cm³/mol. The zero-order chi connectivity index (χ0) is 27.2. The normalized spacial score (nSPS) is 20.8. The Morgan fingerprint density at radius 2 is 1.97 bits per heavy atom. The van der Waals surface area contributed by atoms with Gasteiger partial charge in [0.25, 0.3) is 11.8 Å². The van der Waals surface area contributed by atoms with Gasteiger partial charge in [0.15, 0.2) is 5.12 Å². The maximum Gasteiger partial charge on any atom is 0.329 e. The number of allylic oxidation sites excluding steroid dienone is 2. The molecule has 1 unspecified atom stereocenters. The highest BCUT2D eigenvalue weighted by molar-refractivity contribution is 8.13. The van der Waals surface area contributed by atoms with Gasteiger partial charge < -0.3 is 20.7 Å². The maximum atomic E-state index is 13.1. The number of cyclic esters (lactones) is 1. The van der Waals surface area contributed by atoms with E-state index in [2.05, 4.69) is 20.9 Å². The van der Waals surface area contributed by atoms with Crippen LogP contribution in [0.3, 0.4) is 0 Å². The molecule has 0 saturated heterocycles. The Kier molecular flexibility index (Phi) is 12.9. The molecule has 1 aliphatic heterocycles. The van der Waals surface area contributed by atoms with Gasteiger partial charge in [0, 0.05) is 12.7 Å². The predicted octanol–water partition coefficient (Wildman–Crippen LogP) is 2.11. The summed E-state index contributed by atoms with van der Waals surface area (Å²) in [4.78, 5) is 66.7. The van der Waals surface area contributed by atoms with Crippen LogP contribution in [0.4, 0.5) is 0 Å². The zero-order valence-corrected chi connectivity index (χ0v) is 22.7. The Bertz CT molecular complexity index is 1060. The van der Waals surface area contributed by atoms with E-state index in [0.29, 0.717) is 23.6 Å². The molecule has 0 aromatic carbocycles. The third kappa shape index (κ3) is 10.8. The highest BCUT2D eigenvalue weighted by atomic mass is 32.2. The summed E-state index contributed by atoms with van der Waals surface area (Å²) in [6.07, 6.45) is 6.49. The van der Waals surface area contributed by atoms with Gasteiger partial charge in [0.05, 0.1) is 18.7 Å². The molecule has 0 spiro atoms. The van der Waals surface area contributed by atoms with Crippen molar-refractivity contribution in [3.8, 4) is 0 Å². The number of hydrogen-bond donors (Lipinski definition) is 3. The number of fused-ring (bicyclic) bond motifs is 2. The first-order valence-corrected chi connectivity index (χ1v) is 14.1. The van der Waals surface area contributed by atoms with Crippen molar-refractivity contribution in [1.29, 1.82) is 0 Å². The highest BCUT2D eigenvalue weighted by Gasteiger charge is 2.27. The lowest BCUT2D eigenvalue weighted by atomic mass is 10.1. The summed E-state index contributed by atoms with van der Waals surface area (Å²) in [5, 5.41) is 7.90. The Labute approximate surface area is 224 Å². The fourth-order valence-corrected chi connectivity index (χ4v) is 4.23. The number of esters is 1. The van der Waals surface area contributed by atoms with Gasteiger partial charge >= 0.3 is 5.97 Å². The molecule has 2 rings (SSSR count). The second-order valence-corrected chi connectivity index (χ2v) is 10.2. The van der Waals surface area contributed by atoms with Crippen LogP contribution in [0.5, 0.6) is 0 Å². The monoisotopic (exact) mass is 548 g/mol. The maximum absolute atomic E-state index is 13.1. The van der Waals surface area contributed by atoms with E-state index in [1.54, 1.807) is 31.2 Å². The summed E-state index contributed by atoms with van der Waals surface area (Å²) in [5.74, 6) is -1.19.